The average molecular weight is 495 g/mol. The molecule has 37 heavy (non-hydrogen) atoms. The molecule has 2 aromatic heterocycles. The van der Waals surface area contributed by atoms with Gasteiger partial charge >= 0.3 is 0 Å². The third-order valence-corrected chi connectivity index (χ3v) is 7.18. The number of hydrogen-bond donors (Lipinski definition) is 2. The number of anilines is 1. The van der Waals surface area contributed by atoms with Gasteiger partial charge in [0.2, 0.25) is 0 Å². The Morgan fingerprint density at radius 1 is 0.784 bits per heavy atom. The summed E-state index contributed by atoms with van der Waals surface area (Å²) >= 11 is 0. The smallest absolute Gasteiger partial charge is 0.138 e. The maximum atomic E-state index is 5.86. The lowest BCUT2D eigenvalue weighted by Crippen LogP contribution is -2.44. The monoisotopic (exact) mass is 494 g/mol. The summed E-state index contributed by atoms with van der Waals surface area (Å²) in [5, 5.41) is 0. The van der Waals surface area contributed by atoms with Crippen LogP contribution < -0.4 is 9.64 Å². The maximum Gasteiger partial charge on any atom is 0.138 e. The van der Waals surface area contributed by atoms with Crippen LogP contribution in [0, 0.1) is 5.92 Å². The Kier molecular flexibility index (Phi) is 6.30. The van der Waals surface area contributed by atoms with Crippen molar-refractivity contribution in [3.8, 4) is 28.5 Å². The molecule has 7 heteroatoms. The summed E-state index contributed by atoms with van der Waals surface area (Å²) in [6, 6.07) is 20.9. The van der Waals surface area contributed by atoms with E-state index in [9.17, 15) is 0 Å². The molecule has 1 saturated heterocycles. The quantitative estimate of drug-likeness (QED) is 0.293. The van der Waals surface area contributed by atoms with Gasteiger partial charge in [0.15, 0.2) is 0 Å². The zero-order valence-corrected chi connectivity index (χ0v) is 21.8. The number of nitrogens with one attached hydrogen (secondary N) is 2. The molecule has 0 atom stereocenters. The Hall–Kier alpha value is -3.84. The second-order valence-electron chi connectivity index (χ2n) is 10.4. The van der Waals surface area contributed by atoms with Crippen molar-refractivity contribution in [2.45, 2.75) is 20.3 Å². The topological polar surface area (TPSA) is 73.1 Å². The van der Waals surface area contributed by atoms with Gasteiger partial charge in [-0.15, -0.1) is 0 Å². The van der Waals surface area contributed by atoms with Gasteiger partial charge in [0.25, 0.3) is 0 Å². The van der Waals surface area contributed by atoms with Crippen LogP contribution in [0.4, 0.5) is 5.69 Å². The normalized spacial score (nSPS) is 14.8. The van der Waals surface area contributed by atoms with Crippen LogP contribution in [0.1, 0.15) is 20.3 Å². The van der Waals surface area contributed by atoms with Gasteiger partial charge in [-0.25, -0.2) is 9.97 Å². The number of aromatic amines is 2. The summed E-state index contributed by atoms with van der Waals surface area (Å²) in [6.07, 6.45) is 1.05. The van der Waals surface area contributed by atoms with Crippen LogP contribution in [-0.2, 0) is 0 Å². The van der Waals surface area contributed by atoms with Gasteiger partial charge in [0.05, 0.1) is 28.7 Å². The van der Waals surface area contributed by atoms with E-state index in [0.717, 1.165) is 89.8 Å². The van der Waals surface area contributed by atoms with Crippen LogP contribution in [0.3, 0.4) is 0 Å². The average Bonchev–Trinajstić information content (AvgIpc) is 3.53. The van der Waals surface area contributed by atoms with E-state index in [2.05, 4.69) is 89.2 Å². The molecule has 1 aliphatic rings. The Morgan fingerprint density at radius 2 is 1.41 bits per heavy atom. The van der Waals surface area contributed by atoms with Crippen molar-refractivity contribution < 1.29 is 4.74 Å². The molecule has 0 unspecified atom stereocenters. The lowest BCUT2D eigenvalue weighted by molar-refractivity contribution is 0.289. The summed E-state index contributed by atoms with van der Waals surface area (Å²) in [6.45, 7) is 9.44. The fraction of sp³-hybridized carbons (Fsp3) is 0.333. The number of hydrogen-bond acceptors (Lipinski definition) is 5. The first-order valence-electron chi connectivity index (χ1n) is 13.2. The maximum absolute atomic E-state index is 5.86. The number of imidazole rings is 2. The molecule has 0 aliphatic carbocycles. The first kappa shape index (κ1) is 23.6. The number of likely N-dealkylation sites (N-methyl/N-ethyl adjacent to an activating group) is 1. The lowest BCUT2D eigenvalue weighted by atomic mass is 10.1. The van der Waals surface area contributed by atoms with Gasteiger partial charge in [0.1, 0.15) is 17.4 Å². The number of H-pyrrole nitrogens is 2. The van der Waals surface area contributed by atoms with Crippen molar-refractivity contribution >= 4 is 27.8 Å². The Morgan fingerprint density at radius 3 is 2.11 bits per heavy atom. The summed E-state index contributed by atoms with van der Waals surface area (Å²) in [7, 11) is 2.18. The van der Waals surface area contributed by atoms with Gasteiger partial charge in [-0.1, -0.05) is 13.8 Å². The highest BCUT2D eigenvalue weighted by molar-refractivity contribution is 5.87. The number of nitrogens with zero attached hydrogens (tertiary/aromatic N) is 4. The second-order valence-corrected chi connectivity index (χ2v) is 10.4. The number of aromatic nitrogens is 4. The SMILES string of the molecule is CC(C)CCOc1ccc(-c2nc3ccc(-c4nc5ccc(N6CCN(C)CC6)cc5[nH]4)cc3[nH]2)cc1. The fourth-order valence-electron chi connectivity index (χ4n) is 4.81. The second kappa shape index (κ2) is 9.90. The first-order chi connectivity index (χ1) is 18.0. The van der Waals surface area contributed by atoms with Gasteiger partial charge in [-0.2, -0.15) is 0 Å². The minimum Gasteiger partial charge on any atom is -0.494 e. The van der Waals surface area contributed by atoms with E-state index >= 15 is 0 Å². The molecule has 1 aliphatic heterocycles. The summed E-state index contributed by atoms with van der Waals surface area (Å²) in [4.78, 5) is 21.5. The van der Waals surface area contributed by atoms with Crippen molar-refractivity contribution in [1.29, 1.82) is 0 Å². The molecule has 190 valence electrons. The summed E-state index contributed by atoms with van der Waals surface area (Å²) in [5.74, 6) is 3.25. The van der Waals surface area contributed by atoms with Crippen molar-refractivity contribution in [2.75, 3.05) is 44.7 Å². The fourth-order valence-corrected chi connectivity index (χ4v) is 4.81. The van der Waals surface area contributed by atoms with E-state index in [1.807, 2.05) is 12.1 Å². The van der Waals surface area contributed by atoms with Crippen LogP contribution in [0.15, 0.2) is 60.7 Å². The third kappa shape index (κ3) is 5.04. The van der Waals surface area contributed by atoms with Crippen LogP contribution in [0.25, 0.3) is 44.8 Å². The van der Waals surface area contributed by atoms with Gasteiger partial charge < -0.3 is 24.5 Å². The molecule has 7 nitrogen and oxygen atoms in total. The number of ether oxygens (including phenoxy) is 1. The van der Waals surface area contributed by atoms with Gasteiger partial charge in [-0.3, -0.25) is 0 Å². The number of benzene rings is 3. The molecule has 0 saturated carbocycles. The van der Waals surface area contributed by atoms with Crippen LogP contribution in [-0.4, -0.2) is 64.7 Å². The molecule has 3 aromatic carbocycles. The zero-order chi connectivity index (χ0) is 25.4. The zero-order valence-electron chi connectivity index (χ0n) is 21.8. The molecule has 5 aromatic rings. The Labute approximate surface area is 217 Å². The minimum absolute atomic E-state index is 0.638. The van der Waals surface area contributed by atoms with E-state index in [4.69, 9.17) is 14.7 Å². The van der Waals surface area contributed by atoms with E-state index in [-0.39, 0.29) is 0 Å². The molecule has 1 fully saturated rings. The lowest BCUT2D eigenvalue weighted by Gasteiger charge is -2.34. The van der Waals surface area contributed by atoms with Crippen LogP contribution >= 0.6 is 0 Å². The molecule has 2 N–H and O–H groups in total. The van der Waals surface area contributed by atoms with E-state index in [1.165, 1.54) is 5.69 Å². The molecular weight excluding hydrogens is 460 g/mol. The number of rotatable bonds is 7. The van der Waals surface area contributed by atoms with Crippen LogP contribution in [0.2, 0.25) is 0 Å². The highest BCUT2D eigenvalue weighted by atomic mass is 16.5. The highest BCUT2D eigenvalue weighted by Gasteiger charge is 2.16. The molecular formula is C30H34N6O. The predicted molar refractivity (Wildman–Crippen MR) is 151 cm³/mol. The van der Waals surface area contributed by atoms with E-state index in [1.54, 1.807) is 0 Å². The summed E-state index contributed by atoms with van der Waals surface area (Å²) < 4.78 is 5.86. The first-order valence-corrected chi connectivity index (χ1v) is 13.2. The predicted octanol–water partition coefficient (Wildman–Crippen LogP) is 5.95. The van der Waals surface area contributed by atoms with Gasteiger partial charge in [-0.05, 0) is 80.1 Å². The number of fused-ring (bicyclic) bond motifs is 2. The number of piperazine rings is 1. The van der Waals surface area contributed by atoms with Crippen molar-refractivity contribution in [3.63, 3.8) is 0 Å². The van der Waals surface area contributed by atoms with Crippen molar-refractivity contribution in [1.82, 2.24) is 24.8 Å². The largest absolute Gasteiger partial charge is 0.494 e. The Balaban J connectivity index is 1.21. The van der Waals surface area contributed by atoms with E-state index in [0.29, 0.717) is 5.92 Å². The van der Waals surface area contributed by atoms with Gasteiger partial charge in [0, 0.05) is 43.0 Å². The van der Waals surface area contributed by atoms with Crippen molar-refractivity contribution in [2.24, 2.45) is 5.92 Å². The highest BCUT2D eigenvalue weighted by Crippen LogP contribution is 2.29. The van der Waals surface area contributed by atoms with E-state index < -0.39 is 0 Å². The van der Waals surface area contributed by atoms with Crippen molar-refractivity contribution in [3.05, 3.63) is 60.7 Å². The molecule has 6 rings (SSSR count). The molecule has 0 bridgehead atoms. The standard InChI is InChI=1S/C30H34N6O/c1-20(2)12-17-37-24-8-4-21(5-9-24)29-31-25-10-6-22(18-27(25)33-29)30-32-26-11-7-23(19-28(26)34-30)36-15-13-35(3)14-16-36/h4-11,18-20H,12-17H2,1-3H3,(H,31,33)(H,32,34). The Bertz CT molecular complexity index is 1510. The molecule has 0 spiro atoms. The summed E-state index contributed by atoms with van der Waals surface area (Å²) in [5.41, 5.74) is 7.29. The molecule has 3 heterocycles. The third-order valence-electron chi connectivity index (χ3n) is 7.18. The van der Waals surface area contributed by atoms with Crippen LogP contribution in [0.5, 0.6) is 5.75 Å². The molecule has 0 radical (unpaired) electrons. The molecule has 0 amide bonds. The minimum atomic E-state index is 0.638.